The number of aromatic nitrogens is 3. The highest BCUT2D eigenvalue weighted by Gasteiger charge is 2.15. The summed E-state index contributed by atoms with van der Waals surface area (Å²) in [4.78, 5) is 4.37. The number of furan rings is 1. The first-order valence-electron chi connectivity index (χ1n) is 9.13. The van der Waals surface area contributed by atoms with Crippen LogP contribution in [0, 0.1) is 11.5 Å². The number of rotatable bonds is 7. The molecule has 0 aliphatic heterocycles. The summed E-state index contributed by atoms with van der Waals surface area (Å²) in [6.07, 6.45) is 5.22. The van der Waals surface area contributed by atoms with E-state index in [-0.39, 0.29) is 5.75 Å². The van der Waals surface area contributed by atoms with Crippen molar-refractivity contribution in [3.63, 3.8) is 0 Å². The number of ether oxygens (including phenoxy) is 2. The summed E-state index contributed by atoms with van der Waals surface area (Å²) in [5.74, 6) is 2.01. The zero-order chi connectivity index (χ0) is 21.1. The number of hydrogen-bond acceptors (Lipinski definition) is 8. The number of nitriles is 1. The average Bonchev–Trinajstić information content (AvgIpc) is 3.34. The van der Waals surface area contributed by atoms with Crippen LogP contribution < -0.4 is 9.47 Å². The van der Waals surface area contributed by atoms with Crippen molar-refractivity contribution in [2.24, 2.45) is 4.36 Å². The molecule has 30 heavy (non-hydrogen) atoms. The molecule has 0 fully saturated rings. The highest BCUT2D eigenvalue weighted by atomic mass is 32.2. The Morgan fingerprint density at radius 3 is 3.00 bits per heavy atom. The van der Waals surface area contributed by atoms with Gasteiger partial charge in [0.1, 0.15) is 17.0 Å². The van der Waals surface area contributed by atoms with Crippen LogP contribution in [0.2, 0.25) is 0 Å². The van der Waals surface area contributed by atoms with Gasteiger partial charge in [-0.2, -0.15) is 5.26 Å². The van der Waals surface area contributed by atoms with E-state index < -0.39 is 9.73 Å². The Morgan fingerprint density at radius 1 is 1.33 bits per heavy atom. The Balaban J connectivity index is 1.57. The third-order valence-electron chi connectivity index (χ3n) is 4.48. The quantitative estimate of drug-likeness (QED) is 0.329. The lowest BCUT2D eigenvalue weighted by Gasteiger charge is -2.06. The molecule has 3 aromatic heterocycles. The van der Waals surface area contributed by atoms with Gasteiger partial charge in [0.05, 0.1) is 35.0 Å². The van der Waals surface area contributed by atoms with Crippen molar-refractivity contribution in [1.82, 2.24) is 14.6 Å². The lowest BCUT2D eigenvalue weighted by molar-refractivity contribution is 0.301. The molecular weight excluding hydrogens is 406 g/mol. The Hall–Kier alpha value is -3.58. The molecule has 4 aromatic rings. The zero-order valence-corrected chi connectivity index (χ0v) is 17.3. The molecule has 3 heterocycles. The van der Waals surface area contributed by atoms with Crippen LogP contribution in [0.4, 0.5) is 0 Å². The van der Waals surface area contributed by atoms with Gasteiger partial charge < -0.3 is 13.9 Å². The van der Waals surface area contributed by atoms with Gasteiger partial charge in [0.2, 0.25) is 12.1 Å². The molecule has 0 spiro atoms. The third kappa shape index (κ3) is 3.92. The molecule has 0 aliphatic carbocycles. The number of nitrogens with zero attached hydrogens (tertiary/aromatic N) is 5. The standard InChI is InChI=1S/C20H19N5O4S/c1-27-16-5-3-6-17-14(16)11-18(29-17)15-12-22-19-7-8-20(24-25(15)19)28-9-4-10-30(2,26)23-13-21/h3,5-8,11-12H,4,9-10H2,1-2H3. The molecule has 1 atom stereocenters. The topological polar surface area (TPSA) is 115 Å². The van der Waals surface area contributed by atoms with Gasteiger partial charge in [-0.3, -0.25) is 0 Å². The number of benzene rings is 1. The number of imidazole rings is 1. The number of fused-ring (bicyclic) bond motifs is 2. The second kappa shape index (κ2) is 8.04. The third-order valence-corrected chi connectivity index (χ3v) is 6.00. The van der Waals surface area contributed by atoms with Crippen LogP contribution in [-0.4, -0.2) is 44.5 Å². The van der Waals surface area contributed by atoms with Gasteiger partial charge in [0.15, 0.2) is 11.4 Å². The molecule has 0 saturated heterocycles. The largest absolute Gasteiger partial charge is 0.496 e. The van der Waals surface area contributed by atoms with Crippen molar-refractivity contribution in [2.45, 2.75) is 6.42 Å². The van der Waals surface area contributed by atoms with Crippen molar-refractivity contribution in [2.75, 3.05) is 25.7 Å². The first-order chi connectivity index (χ1) is 14.5. The van der Waals surface area contributed by atoms with Crippen LogP contribution in [0.1, 0.15) is 6.42 Å². The van der Waals surface area contributed by atoms with Crippen molar-refractivity contribution >= 4 is 26.3 Å². The molecule has 9 nitrogen and oxygen atoms in total. The van der Waals surface area contributed by atoms with Gasteiger partial charge in [0, 0.05) is 18.1 Å². The van der Waals surface area contributed by atoms with E-state index in [4.69, 9.17) is 19.2 Å². The van der Waals surface area contributed by atoms with Crippen LogP contribution in [0.5, 0.6) is 11.6 Å². The molecule has 0 aliphatic rings. The minimum atomic E-state index is -2.50. The minimum Gasteiger partial charge on any atom is -0.496 e. The Kier molecular flexibility index (Phi) is 5.29. The summed E-state index contributed by atoms with van der Waals surface area (Å²) < 4.78 is 34.1. The lowest BCUT2D eigenvalue weighted by Crippen LogP contribution is -2.09. The molecule has 10 heteroatoms. The van der Waals surface area contributed by atoms with E-state index in [2.05, 4.69) is 14.4 Å². The maximum absolute atomic E-state index is 12.0. The van der Waals surface area contributed by atoms with E-state index in [1.54, 1.807) is 36.1 Å². The summed E-state index contributed by atoms with van der Waals surface area (Å²) >= 11 is 0. The lowest BCUT2D eigenvalue weighted by atomic mass is 10.2. The van der Waals surface area contributed by atoms with Gasteiger partial charge >= 0.3 is 0 Å². The van der Waals surface area contributed by atoms with Gasteiger partial charge in [-0.1, -0.05) is 6.07 Å². The van der Waals surface area contributed by atoms with E-state index in [0.717, 1.165) is 11.1 Å². The molecular formula is C20H19N5O4S. The van der Waals surface area contributed by atoms with Crippen molar-refractivity contribution < 1.29 is 18.1 Å². The van der Waals surface area contributed by atoms with Gasteiger partial charge in [-0.05, 0) is 30.7 Å². The van der Waals surface area contributed by atoms with Crippen molar-refractivity contribution in [3.8, 4) is 29.3 Å². The fourth-order valence-electron chi connectivity index (χ4n) is 3.08. The maximum atomic E-state index is 12.0. The fourth-order valence-corrected chi connectivity index (χ4v) is 3.99. The predicted octanol–water partition coefficient (Wildman–Crippen LogP) is 3.50. The molecule has 0 amide bonds. The molecule has 0 N–H and O–H groups in total. The molecule has 154 valence electrons. The van der Waals surface area contributed by atoms with Crippen LogP contribution in [0.25, 0.3) is 28.1 Å². The first kappa shape index (κ1) is 19.7. The van der Waals surface area contributed by atoms with Crippen molar-refractivity contribution in [3.05, 3.63) is 42.6 Å². The van der Waals surface area contributed by atoms with Crippen LogP contribution in [0.15, 0.2) is 51.4 Å². The summed E-state index contributed by atoms with van der Waals surface area (Å²) in [5, 5.41) is 13.9. The number of hydrogen-bond donors (Lipinski definition) is 0. The van der Waals surface area contributed by atoms with Gasteiger partial charge in [-0.25, -0.2) is 13.7 Å². The van der Waals surface area contributed by atoms with E-state index >= 15 is 0 Å². The summed E-state index contributed by atoms with van der Waals surface area (Å²) in [6, 6.07) is 11.0. The van der Waals surface area contributed by atoms with Gasteiger partial charge in [0.25, 0.3) is 0 Å². The number of methoxy groups -OCH3 is 1. The van der Waals surface area contributed by atoms with E-state index in [0.29, 0.717) is 41.6 Å². The van der Waals surface area contributed by atoms with Gasteiger partial charge in [-0.15, -0.1) is 9.46 Å². The fraction of sp³-hybridized carbons (Fsp3) is 0.250. The van der Waals surface area contributed by atoms with E-state index in [1.165, 1.54) is 6.26 Å². The summed E-state index contributed by atoms with van der Waals surface area (Å²) in [7, 11) is -0.880. The Morgan fingerprint density at radius 2 is 2.20 bits per heavy atom. The van der Waals surface area contributed by atoms with Crippen molar-refractivity contribution in [1.29, 1.82) is 5.26 Å². The zero-order valence-electron chi connectivity index (χ0n) is 16.4. The molecule has 1 unspecified atom stereocenters. The molecule has 0 saturated carbocycles. The predicted molar refractivity (Wildman–Crippen MR) is 112 cm³/mol. The maximum Gasteiger partial charge on any atom is 0.231 e. The molecule has 0 bridgehead atoms. The first-order valence-corrected chi connectivity index (χ1v) is 11.2. The average molecular weight is 425 g/mol. The monoisotopic (exact) mass is 425 g/mol. The molecule has 4 rings (SSSR count). The second-order valence-electron chi connectivity index (χ2n) is 6.62. The minimum absolute atomic E-state index is 0.278. The SMILES string of the molecule is COc1cccc2oc(-c3cnc4ccc(OCCCS(C)(=O)=NC#N)nn34)cc12. The highest BCUT2D eigenvalue weighted by molar-refractivity contribution is 7.92. The van der Waals surface area contributed by atoms with E-state index in [1.807, 2.05) is 24.3 Å². The highest BCUT2D eigenvalue weighted by Crippen LogP contribution is 2.33. The van der Waals surface area contributed by atoms with Crippen LogP contribution in [-0.2, 0) is 9.73 Å². The van der Waals surface area contributed by atoms with Crippen LogP contribution >= 0.6 is 0 Å². The molecule has 1 aromatic carbocycles. The Labute approximate surface area is 173 Å². The van der Waals surface area contributed by atoms with E-state index in [9.17, 15) is 4.21 Å². The molecule has 0 radical (unpaired) electrons. The summed E-state index contributed by atoms with van der Waals surface area (Å²) in [5.41, 5.74) is 2.03. The normalized spacial score (nSPS) is 13.1. The second-order valence-corrected chi connectivity index (χ2v) is 9.13. The Bertz CT molecular complexity index is 1380. The van der Waals surface area contributed by atoms with Crippen LogP contribution in [0.3, 0.4) is 0 Å². The smallest absolute Gasteiger partial charge is 0.231 e. The summed E-state index contributed by atoms with van der Waals surface area (Å²) in [6.45, 7) is 0.302.